The molecule has 1 aromatic rings. The first kappa shape index (κ1) is 7.43. The third-order valence-corrected chi connectivity index (χ3v) is 2.91. The molecule has 0 heterocycles. The Morgan fingerprint density at radius 2 is 1.88 bits per heavy atom. The van der Waals surface area contributed by atoms with Crippen LogP contribution in [0.4, 0.5) is 0 Å². The summed E-state index contributed by atoms with van der Waals surface area (Å²) < 4.78 is 34.9. The predicted molar refractivity (Wildman–Crippen MR) is 60.9 cm³/mol. The first-order chi connectivity index (χ1) is 9.16. The molecule has 0 aromatic heterocycles. The van der Waals surface area contributed by atoms with E-state index in [1.165, 1.54) is 0 Å². The Bertz CT molecular complexity index is 431. The van der Waals surface area contributed by atoms with Crippen molar-refractivity contribution in [1.82, 2.24) is 0 Å². The van der Waals surface area contributed by atoms with Crippen LogP contribution in [0, 0.1) is 5.41 Å². The summed E-state index contributed by atoms with van der Waals surface area (Å²) in [5.74, 6) is 0. The molecule has 1 aliphatic carbocycles. The molecule has 0 aliphatic heterocycles. The normalized spacial score (nSPS) is 24.9. The maximum atomic E-state index is 9.50. The Labute approximate surface area is 101 Å². The van der Waals surface area contributed by atoms with E-state index in [0.717, 1.165) is 5.56 Å². The average molecular weight is 226 g/mol. The summed E-state index contributed by atoms with van der Waals surface area (Å²) in [6.45, 7) is -5.25. The average Bonchev–Trinajstić information content (AvgIpc) is 2.24. The van der Waals surface area contributed by atoms with E-state index in [-0.39, 0.29) is 18.9 Å². The van der Waals surface area contributed by atoms with Gasteiger partial charge in [0.05, 0.1) is 31.3 Å². The van der Waals surface area contributed by atoms with Crippen molar-refractivity contribution in [2.45, 2.75) is 25.6 Å². The van der Waals surface area contributed by atoms with Crippen LogP contribution in [-0.4, -0.2) is 29.4 Å². The maximum absolute atomic E-state index is 9.50. The van der Waals surface area contributed by atoms with Crippen LogP contribution in [0.15, 0.2) is 30.3 Å². The van der Waals surface area contributed by atoms with Gasteiger partial charge in [-0.3, -0.25) is 0 Å². The molecule has 0 radical (unpaired) electrons. The van der Waals surface area contributed by atoms with E-state index in [4.69, 9.17) is 10.2 Å². The third kappa shape index (κ3) is 2.43. The van der Waals surface area contributed by atoms with Gasteiger partial charge in [0.2, 0.25) is 0 Å². The number of rotatable bonds is 5. The van der Waals surface area contributed by atoms with Gasteiger partial charge in [-0.15, -0.1) is 0 Å². The predicted octanol–water partition coefficient (Wildman–Crippen LogP) is 1.34. The Morgan fingerprint density at radius 1 is 1.25 bits per heavy atom. The SMILES string of the molecule is [2H]C([2H])(O)C1(C([2H])([2H])O)CC(OCc2ccccc2)C1. The van der Waals surface area contributed by atoms with Crippen molar-refractivity contribution in [3.8, 4) is 0 Å². The molecule has 1 aliphatic rings. The molecule has 1 fully saturated rings. The van der Waals surface area contributed by atoms with E-state index >= 15 is 0 Å². The second kappa shape index (κ2) is 4.95. The summed E-state index contributed by atoms with van der Waals surface area (Å²) >= 11 is 0. The molecule has 88 valence electrons. The van der Waals surface area contributed by atoms with E-state index in [1.807, 2.05) is 30.3 Å². The van der Waals surface area contributed by atoms with Crippen LogP contribution in [-0.2, 0) is 11.3 Å². The van der Waals surface area contributed by atoms with Crippen LogP contribution in [0.1, 0.15) is 23.9 Å². The topological polar surface area (TPSA) is 49.7 Å². The van der Waals surface area contributed by atoms with Crippen molar-refractivity contribution < 1.29 is 20.4 Å². The van der Waals surface area contributed by atoms with Crippen molar-refractivity contribution in [2.24, 2.45) is 5.41 Å². The zero-order chi connectivity index (χ0) is 15.0. The monoisotopic (exact) mass is 226 g/mol. The summed E-state index contributed by atoms with van der Waals surface area (Å²) in [4.78, 5) is 0. The number of ether oxygens (including phenoxy) is 1. The lowest BCUT2D eigenvalue weighted by Gasteiger charge is -2.45. The molecule has 2 rings (SSSR count). The maximum Gasteiger partial charge on any atom is 0.0720 e. The number of benzene rings is 1. The lowest BCUT2D eigenvalue weighted by molar-refractivity contribution is -0.127. The highest BCUT2D eigenvalue weighted by molar-refractivity contribution is 5.13. The smallest absolute Gasteiger partial charge is 0.0720 e. The van der Waals surface area contributed by atoms with Gasteiger partial charge in [-0.1, -0.05) is 30.3 Å². The van der Waals surface area contributed by atoms with Gasteiger partial charge >= 0.3 is 0 Å². The van der Waals surface area contributed by atoms with Crippen molar-refractivity contribution >= 4 is 0 Å². The Kier molecular flexibility index (Phi) is 2.30. The minimum atomic E-state index is -2.79. The fourth-order valence-corrected chi connectivity index (χ4v) is 1.83. The highest BCUT2D eigenvalue weighted by Gasteiger charge is 2.43. The fourth-order valence-electron chi connectivity index (χ4n) is 1.83. The molecule has 0 spiro atoms. The van der Waals surface area contributed by atoms with Gasteiger partial charge in [0.25, 0.3) is 0 Å². The van der Waals surface area contributed by atoms with Crippen LogP contribution >= 0.6 is 0 Å². The van der Waals surface area contributed by atoms with Gasteiger partial charge in [-0.25, -0.2) is 0 Å². The molecule has 3 heteroatoms. The first-order valence-electron chi connectivity index (χ1n) is 7.26. The fraction of sp³-hybridized carbons (Fsp3) is 0.538. The number of aliphatic hydroxyl groups is 2. The molecule has 0 amide bonds. The first-order valence-corrected chi connectivity index (χ1v) is 5.26. The molecular formula is C13H18O3. The highest BCUT2D eigenvalue weighted by atomic mass is 16.5. The van der Waals surface area contributed by atoms with Crippen LogP contribution in [0.5, 0.6) is 0 Å². The van der Waals surface area contributed by atoms with Crippen LogP contribution in [0.2, 0.25) is 0 Å². The van der Waals surface area contributed by atoms with Gasteiger partial charge in [0, 0.05) is 5.41 Å². The van der Waals surface area contributed by atoms with Gasteiger partial charge in [-0.05, 0) is 18.4 Å². The highest BCUT2D eigenvalue weighted by Crippen LogP contribution is 2.42. The quantitative estimate of drug-likeness (QED) is 0.796. The molecule has 2 N–H and O–H groups in total. The van der Waals surface area contributed by atoms with Crippen molar-refractivity contribution in [2.75, 3.05) is 13.1 Å². The molecule has 0 atom stereocenters. The molecule has 1 aromatic carbocycles. The third-order valence-electron chi connectivity index (χ3n) is 2.91. The second-order valence-electron chi connectivity index (χ2n) is 4.13. The minimum Gasteiger partial charge on any atom is -0.396 e. The zero-order valence-corrected chi connectivity index (χ0v) is 8.89. The molecular weight excluding hydrogens is 204 g/mol. The van der Waals surface area contributed by atoms with Gasteiger partial charge < -0.3 is 14.9 Å². The zero-order valence-electron chi connectivity index (χ0n) is 12.9. The van der Waals surface area contributed by atoms with Crippen molar-refractivity contribution in [3.63, 3.8) is 0 Å². The molecule has 0 bridgehead atoms. The molecule has 3 nitrogen and oxygen atoms in total. The molecule has 16 heavy (non-hydrogen) atoms. The summed E-state index contributed by atoms with van der Waals surface area (Å²) in [7, 11) is 0. The Morgan fingerprint density at radius 3 is 2.44 bits per heavy atom. The van der Waals surface area contributed by atoms with Gasteiger partial charge in [0.15, 0.2) is 0 Å². The largest absolute Gasteiger partial charge is 0.396 e. The molecule has 1 saturated carbocycles. The van der Waals surface area contributed by atoms with E-state index < -0.39 is 18.5 Å². The summed E-state index contributed by atoms with van der Waals surface area (Å²) in [6, 6.07) is 9.43. The van der Waals surface area contributed by atoms with Crippen molar-refractivity contribution in [3.05, 3.63) is 35.9 Å². The molecule has 0 saturated heterocycles. The standard InChI is InChI=1S/C13H18O3/c14-9-13(10-15)6-12(7-13)16-8-11-4-2-1-3-5-11/h1-5,12,14-15H,6-10H2/i9D2,10D2. The number of hydrogen-bond donors (Lipinski definition) is 2. The van der Waals surface area contributed by atoms with Gasteiger partial charge in [0.1, 0.15) is 0 Å². The van der Waals surface area contributed by atoms with Crippen molar-refractivity contribution in [1.29, 1.82) is 0 Å². The lowest BCUT2D eigenvalue weighted by Crippen LogP contribution is -2.47. The van der Waals surface area contributed by atoms with E-state index in [1.54, 1.807) is 0 Å². The lowest BCUT2D eigenvalue weighted by atomic mass is 9.68. The van der Waals surface area contributed by atoms with E-state index in [0.29, 0.717) is 6.61 Å². The molecule has 0 unspecified atom stereocenters. The summed E-state index contributed by atoms with van der Waals surface area (Å²) in [6.07, 6.45) is -0.501. The van der Waals surface area contributed by atoms with Crippen LogP contribution in [0.3, 0.4) is 0 Å². The van der Waals surface area contributed by atoms with E-state index in [9.17, 15) is 10.2 Å². The van der Waals surface area contributed by atoms with E-state index in [2.05, 4.69) is 0 Å². The van der Waals surface area contributed by atoms with Crippen LogP contribution < -0.4 is 0 Å². The second-order valence-corrected chi connectivity index (χ2v) is 4.13. The Balaban J connectivity index is 1.95. The summed E-state index contributed by atoms with van der Waals surface area (Å²) in [5.41, 5.74) is -0.870. The number of hydrogen-bond acceptors (Lipinski definition) is 3. The Hall–Kier alpha value is -0.900. The minimum absolute atomic E-state index is 0.0627. The summed E-state index contributed by atoms with van der Waals surface area (Å²) in [5, 5.41) is 19.0. The van der Waals surface area contributed by atoms with Gasteiger partial charge in [-0.2, -0.15) is 0 Å². The van der Waals surface area contributed by atoms with Crippen LogP contribution in [0.25, 0.3) is 0 Å².